The van der Waals surface area contributed by atoms with Gasteiger partial charge in [-0.05, 0) is 25.1 Å². The minimum absolute atomic E-state index is 0.0401. The molecule has 2 atom stereocenters. The second-order valence-corrected chi connectivity index (χ2v) is 5.45. The van der Waals surface area contributed by atoms with Crippen LogP contribution in [0, 0.1) is 0 Å². The summed E-state index contributed by atoms with van der Waals surface area (Å²) in [5.41, 5.74) is 0.220. The van der Waals surface area contributed by atoms with Crippen LogP contribution in [0.25, 0.3) is 0 Å². The van der Waals surface area contributed by atoms with Crippen LogP contribution in [0.15, 0.2) is 18.2 Å². The lowest BCUT2D eigenvalue weighted by atomic mass is 10.0. The molecule has 1 heterocycles. The summed E-state index contributed by atoms with van der Waals surface area (Å²) in [7, 11) is 1.64. The average molecular weight is 286 g/mol. The number of ether oxygens (including phenoxy) is 2. The molecule has 0 aliphatic carbocycles. The van der Waals surface area contributed by atoms with Crippen LogP contribution in [0.1, 0.15) is 24.9 Å². The van der Waals surface area contributed by atoms with E-state index in [4.69, 9.17) is 21.1 Å². The molecule has 0 aromatic heterocycles. The molecule has 4 nitrogen and oxygen atoms in total. The molecular formula is C14H20ClNO3. The lowest BCUT2D eigenvalue weighted by Gasteiger charge is -2.25. The summed E-state index contributed by atoms with van der Waals surface area (Å²) in [6.07, 6.45) is 0.666. The maximum absolute atomic E-state index is 10.2. The average Bonchev–Trinajstić information content (AvgIpc) is 2.83. The van der Waals surface area contributed by atoms with Gasteiger partial charge in [0.15, 0.2) is 0 Å². The zero-order chi connectivity index (χ0) is 13.9. The van der Waals surface area contributed by atoms with E-state index in [1.54, 1.807) is 13.2 Å². The summed E-state index contributed by atoms with van der Waals surface area (Å²) in [4.78, 5) is 0. The van der Waals surface area contributed by atoms with Gasteiger partial charge in [0.05, 0.1) is 13.7 Å². The van der Waals surface area contributed by atoms with Gasteiger partial charge in [-0.15, -0.1) is 0 Å². The van der Waals surface area contributed by atoms with Crippen molar-refractivity contribution in [3.63, 3.8) is 0 Å². The van der Waals surface area contributed by atoms with Crippen LogP contribution >= 0.6 is 11.6 Å². The quantitative estimate of drug-likeness (QED) is 0.870. The van der Waals surface area contributed by atoms with E-state index in [2.05, 4.69) is 5.32 Å². The fourth-order valence-electron chi connectivity index (χ4n) is 2.23. The van der Waals surface area contributed by atoms with Crippen LogP contribution in [0.3, 0.4) is 0 Å². The molecule has 0 unspecified atom stereocenters. The normalized spacial score (nSPS) is 24.4. The second-order valence-electron chi connectivity index (χ2n) is 5.02. The third kappa shape index (κ3) is 3.60. The Labute approximate surface area is 118 Å². The monoisotopic (exact) mass is 285 g/mol. The van der Waals surface area contributed by atoms with Crippen molar-refractivity contribution in [1.82, 2.24) is 5.32 Å². The van der Waals surface area contributed by atoms with E-state index in [0.717, 1.165) is 11.3 Å². The third-order valence-corrected chi connectivity index (χ3v) is 3.71. The molecular weight excluding hydrogens is 266 g/mol. The molecule has 1 aromatic carbocycles. The van der Waals surface area contributed by atoms with Crippen molar-refractivity contribution in [2.45, 2.75) is 25.0 Å². The Hall–Kier alpha value is -0.810. The predicted molar refractivity (Wildman–Crippen MR) is 74.8 cm³/mol. The van der Waals surface area contributed by atoms with Crippen molar-refractivity contribution < 1.29 is 14.6 Å². The minimum Gasteiger partial charge on any atom is -0.496 e. The minimum atomic E-state index is -0.764. The first kappa shape index (κ1) is 14.6. The summed E-state index contributed by atoms with van der Waals surface area (Å²) >= 11 is 6.02. The number of hydrogen-bond donors (Lipinski definition) is 2. The van der Waals surface area contributed by atoms with E-state index in [9.17, 15) is 5.11 Å². The van der Waals surface area contributed by atoms with E-state index < -0.39 is 5.60 Å². The van der Waals surface area contributed by atoms with Gasteiger partial charge < -0.3 is 19.9 Å². The highest BCUT2D eigenvalue weighted by molar-refractivity contribution is 6.30. The second kappa shape index (κ2) is 6.09. The van der Waals surface area contributed by atoms with E-state index in [-0.39, 0.29) is 6.04 Å². The maximum atomic E-state index is 10.2. The van der Waals surface area contributed by atoms with Crippen LogP contribution in [-0.4, -0.2) is 37.6 Å². The molecule has 0 saturated carbocycles. The van der Waals surface area contributed by atoms with Gasteiger partial charge in [0.25, 0.3) is 0 Å². The van der Waals surface area contributed by atoms with Crippen LogP contribution in [0.4, 0.5) is 0 Å². The van der Waals surface area contributed by atoms with Crippen LogP contribution in [0.5, 0.6) is 5.75 Å². The Morgan fingerprint density at radius 3 is 3.00 bits per heavy atom. The molecule has 0 radical (unpaired) electrons. The summed E-state index contributed by atoms with van der Waals surface area (Å²) in [5, 5.41) is 14.2. The molecule has 106 valence electrons. The highest BCUT2D eigenvalue weighted by Gasteiger charge is 2.32. The Kier molecular flexibility index (Phi) is 4.68. The summed E-state index contributed by atoms with van der Waals surface area (Å²) < 4.78 is 10.6. The van der Waals surface area contributed by atoms with Crippen molar-refractivity contribution in [2.24, 2.45) is 0 Å². The number of nitrogens with one attached hydrogen (secondary N) is 1. The number of aliphatic hydroxyl groups is 1. The molecule has 19 heavy (non-hydrogen) atoms. The van der Waals surface area contributed by atoms with Gasteiger partial charge in [0, 0.05) is 36.2 Å². The van der Waals surface area contributed by atoms with Crippen molar-refractivity contribution in [3.05, 3.63) is 28.8 Å². The molecule has 5 heteroatoms. The standard InChI is InChI=1S/C14H20ClNO3/c1-10(16-8-14(17)5-6-19-9-14)12-7-11(15)3-4-13(12)18-2/h3-4,7,10,16-17H,5-6,8-9H2,1-2H3/t10-,14-/m0/s1. The van der Waals surface area contributed by atoms with Gasteiger partial charge in [0.2, 0.25) is 0 Å². The predicted octanol–water partition coefficient (Wildman–Crippen LogP) is 2.15. The Morgan fingerprint density at radius 2 is 2.37 bits per heavy atom. The lowest BCUT2D eigenvalue weighted by molar-refractivity contribution is 0.0251. The molecule has 0 amide bonds. The number of methoxy groups -OCH3 is 1. The maximum Gasteiger partial charge on any atom is 0.123 e. The number of benzene rings is 1. The first-order valence-electron chi connectivity index (χ1n) is 6.41. The highest BCUT2D eigenvalue weighted by atomic mass is 35.5. The van der Waals surface area contributed by atoms with Crippen LogP contribution < -0.4 is 10.1 Å². The zero-order valence-corrected chi connectivity index (χ0v) is 12.0. The molecule has 2 N–H and O–H groups in total. The van der Waals surface area contributed by atoms with Gasteiger partial charge in [0.1, 0.15) is 11.4 Å². The number of halogens is 1. The summed E-state index contributed by atoms with van der Waals surface area (Å²) in [5.74, 6) is 0.791. The molecule has 1 aliphatic rings. The third-order valence-electron chi connectivity index (χ3n) is 3.48. The van der Waals surface area contributed by atoms with Crippen LogP contribution in [0.2, 0.25) is 5.02 Å². The van der Waals surface area contributed by atoms with E-state index >= 15 is 0 Å². The molecule has 0 spiro atoms. The van der Waals surface area contributed by atoms with Gasteiger partial charge in [-0.1, -0.05) is 11.6 Å². The Bertz CT molecular complexity index is 433. The smallest absolute Gasteiger partial charge is 0.123 e. The lowest BCUT2D eigenvalue weighted by Crippen LogP contribution is -2.41. The van der Waals surface area contributed by atoms with Crippen molar-refractivity contribution in [2.75, 3.05) is 26.9 Å². The SMILES string of the molecule is COc1ccc(Cl)cc1[C@H](C)NC[C@@]1(O)CCOC1. The van der Waals surface area contributed by atoms with Crippen molar-refractivity contribution in [1.29, 1.82) is 0 Å². The van der Waals surface area contributed by atoms with E-state index in [1.807, 2.05) is 19.1 Å². The summed E-state index contributed by atoms with van der Waals surface area (Å²) in [6.45, 7) is 3.52. The first-order chi connectivity index (χ1) is 9.04. The molecule has 1 aliphatic heterocycles. The molecule has 1 fully saturated rings. The van der Waals surface area contributed by atoms with Gasteiger partial charge in [-0.25, -0.2) is 0 Å². The Balaban J connectivity index is 2.03. The van der Waals surface area contributed by atoms with Gasteiger partial charge in [-0.3, -0.25) is 0 Å². The van der Waals surface area contributed by atoms with Gasteiger partial charge in [-0.2, -0.15) is 0 Å². The molecule has 0 bridgehead atoms. The van der Waals surface area contributed by atoms with Gasteiger partial charge >= 0.3 is 0 Å². The topological polar surface area (TPSA) is 50.7 Å². The zero-order valence-electron chi connectivity index (χ0n) is 11.3. The van der Waals surface area contributed by atoms with E-state index in [1.165, 1.54) is 0 Å². The molecule has 2 rings (SSSR count). The Morgan fingerprint density at radius 1 is 1.58 bits per heavy atom. The highest BCUT2D eigenvalue weighted by Crippen LogP contribution is 2.28. The van der Waals surface area contributed by atoms with Crippen molar-refractivity contribution >= 4 is 11.6 Å². The summed E-state index contributed by atoms with van der Waals surface area (Å²) in [6, 6.07) is 5.57. The number of hydrogen-bond acceptors (Lipinski definition) is 4. The molecule has 1 aromatic rings. The number of rotatable bonds is 5. The fraction of sp³-hybridized carbons (Fsp3) is 0.571. The molecule has 1 saturated heterocycles. The largest absolute Gasteiger partial charge is 0.496 e. The van der Waals surface area contributed by atoms with Crippen molar-refractivity contribution in [3.8, 4) is 5.75 Å². The first-order valence-corrected chi connectivity index (χ1v) is 6.79. The van der Waals surface area contributed by atoms with E-state index in [0.29, 0.717) is 31.2 Å². The fourth-order valence-corrected chi connectivity index (χ4v) is 2.41. The van der Waals surface area contributed by atoms with Crippen LogP contribution in [-0.2, 0) is 4.74 Å².